The number of carbonyl (C=O) groups excluding carboxylic acids is 1. The number of imidazole rings is 1. The van der Waals surface area contributed by atoms with E-state index in [4.69, 9.17) is 0 Å². The summed E-state index contributed by atoms with van der Waals surface area (Å²) in [4.78, 5) is 20.7. The van der Waals surface area contributed by atoms with Gasteiger partial charge in [-0.25, -0.2) is 13.4 Å². The van der Waals surface area contributed by atoms with Gasteiger partial charge in [0.1, 0.15) is 0 Å². The number of H-pyrrole nitrogens is 1. The molecule has 1 aromatic carbocycles. The van der Waals surface area contributed by atoms with Crippen molar-refractivity contribution >= 4 is 21.6 Å². The van der Waals surface area contributed by atoms with E-state index in [9.17, 15) is 13.2 Å². The molecule has 4 rings (SSSR count). The topological polar surface area (TPSA) is 86.4 Å². The minimum absolute atomic E-state index is 0.0189. The minimum atomic E-state index is -3.58. The van der Waals surface area contributed by atoms with Gasteiger partial charge in [-0.3, -0.25) is 4.79 Å². The predicted octanol–water partition coefficient (Wildman–Crippen LogP) is 0.676. The van der Waals surface area contributed by atoms with Gasteiger partial charge in [0.05, 0.1) is 35.6 Å². The second-order valence-electron chi connectivity index (χ2n) is 5.84. The number of aromatic nitrogens is 2. The Hall–Kier alpha value is -2.19. The lowest BCUT2D eigenvalue weighted by Crippen LogP contribution is -2.36. The number of carbonyl (C=O) groups is 1. The second-order valence-corrected chi connectivity index (χ2v) is 7.77. The van der Waals surface area contributed by atoms with Crippen molar-refractivity contribution < 1.29 is 13.2 Å². The number of likely N-dealkylation sites (N-methyl/N-ethyl adjacent to an activating group) is 1. The summed E-state index contributed by atoms with van der Waals surface area (Å²) in [5.74, 6) is -0.0189. The highest BCUT2D eigenvalue weighted by atomic mass is 32.2. The smallest absolute Gasteiger partial charge is 0.243 e. The lowest BCUT2D eigenvalue weighted by atomic mass is 10.2. The van der Waals surface area contributed by atoms with Gasteiger partial charge >= 0.3 is 0 Å². The van der Waals surface area contributed by atoms with E-state index in [-0.39, 0.29) is 17.2 Å². The van der Waals surface area contributed by atoms with Crippen LogP contribution in [0.1, 0.15) is 17.0 Å². The number of fused-ring (bicyclic) bond motifs is 2. The Kier molecular flexibility index (Phi) is 3.07. The summed E-state index contributed by atoms with van der Waals surface area (Å²) < 4.78 is 27.2. The lowest BCUT2D eigenvalue weighted by molar-refractivity contribution is -0.117. The van der Waals surface area contributed by atoms with Gasteiger partial charge in [0.25, 0.3) is 0 Å². The van der Waals surface area contributed by atoms with Crippen molar-refractivity contribution in [2.75, 3.05) is 18.5 Å². The highest BCUT2D eigenvalue weighted by molar-refractivity contribution is 7.89. The number of rotatable bonds is 2. The highest BCUT2D eigenvalue weighted by Gasteiger charge is 2.31. The van der Waals surface area contributed by atoms with Crippen LogP contribution in [-0.4, -0.2) is 42.2 Å². The van der Waals surface area contributed by atoms with Crippen molar-refractivity contribution in [3.63, 3.8) is 0 Å². The van der Waals surface area contributed by atoms with Crippen LogP contribution < -0.4 is 4.90 Å². The Morgan fingerprint density at radius 1 is 1.30 bits per heavy atom. The van der Waals surface area contributed by atoms with Crippen LogP contribution in [0.2, 0.25) is 0 Å². The third kappa shape index (κ3) is 2.17. The number of nitrogens with zero attached hydrogens (tertiary/aromatic N) is 3. The van der Waals surface area contributed by atoms with Crippen LogP contribution in [0.5, 0.6) is 0 Å². The quantitative estimate of drug-likeness (QED) is 0.876. The number of nitrogens with one attached hydrogen (secondary N) is 1. The summed E-state index contributed by atoms with van der Waals surface area (Å²) in [6, 6.07) is 4.90. The zero-order chi connectivity index (χ0) is 16.2. The fourth-order valence-corrected chi connectivity index (χ4v) is 4.61. The molecule has 0 fully saturated rings. The molecule has 1 amide bonds. The van der Waals surface area contributed by atoms with E-state index < -0.39 is 10.0 Å². The Morgan fingerprint density at radius 2 is 2.13 bits per heavy atom. The summed E-state index contributed by atoms with van der Waals surface area (Å²) in [7, 11) is -1.88. The van der Waals surface area contributed by atoms with E-state index in [1.165, 1.54) is 4.31 Å². The summed E-state index contributed by atoms with van der Waals surface area (Å²) in [6.07, 6.45) is 2.45. The van der Waals surface area contributed by atoms with Gasteiger partial charge in [-0.15, -0.1) is 0 Å². The van der Waals surface area contributed by atoms with Crippen LogP contribution in [0.4, 0.5) is 5.69 Å². The molecule has 8 heteroatoms. The van der Waals surface area contributed by atoms with E-state index in [1.807, 2.05) is 0 Å². The zero-order valence-corrected chi connectivity index (χ0v) is 13.4. The Morgan fingerprint density at radius 3 is 2.96 bits per heavy atom. The van der Waals surface area contributed by atoms with Gasteiger partial charge in [-0.2, -0.15) is 4.31 Å². The molecule has 120 valence electrons. The van der Waals surface area contributed by atoms with Crippen molar-refractivity contribution in [3.05, 3.63) is 41.5 Å². The van der Waals surface area contributed by atoms with Gasteiger partial charge in [-0.1, -0.05) is 0 Å². The molecule has 0 unspecified atom stereocenters. The van der Waals surface area contributed by atoms with Crippen LogP contribution in [0.25, 0.3) is 0 Å². The molecular formula is C15H16N4O3S. The number of hydrogen-bond donors (Lipinski definition) is 1. The van der Waals surface area contributed by atoms with Crippen molar-refractivity contribution in [2.24, 2.45) is 0 Å². The molecule has 0 saturated carbocycles. The maximum Gasteiger partial charge on any atom is 0.243 e. The Balaban J connectivity index is 1.68. The van der Waals surface area contributed by atoms with E-state index in [1.54, 1.807) is 36.5 Å². The van der Waals surface area contributed by atoms with Gasteiger partial charge in [0.15, 0.2) is 0 Å². The number of amides is 1. The molecule has 2 aliphatic rings. The predicted molar refractivity (Wildman–Crippen MR) is 83.4 cm³/mol. The van der Waals surface area contributed by atoms with E-state index in [0.29, 0.717) is 19.5 Å². The number of sulfonamides is 1. The zero-order valence-electron chi connectivity index (χ0n) is 12.6. The van der Waals surface area contributed by atoms with Crippen LogP contribution >= 0.6 is 0 Å². The van der Waals surface area contributed by atoms with Crippen molar-refractivity contribution in [1.82, 2.24) is 14.3 Å². The molecule has 1 aromatic heterocycles. The molecular weight excluding hydrogens is 316 g/mol. The lowest BCUT2D eigenvalue weighted by Gasteiger charge is -2.25. The Labute approximate surface area is 134 Å². The fraction of sp³-hybridized carbons (Fsp3) is 0.333. The summed E-state index contributed by atoms with van der Waals surface area (Å²) >= 11 is 0. The van der Waals surface area contributed by atoms with Gasteiger partial charge in [-0.05, 0) is 23.8 Å². The summed E-state index contributed by atoms with van der Waals surface area (Å²) in [6.45, 7) is 0.712. The first-order chi connectivity index (χ1) is 11.0. The monoisotopic (exact) mass is 332 g/mol. The molecule has 3 heterocycles. The van der Waals surface area contributed by atoms with Crippen LogP contribution in [-0.2, 0) is 34.2 Å². The molecule has 1 N–H and O–H groups in total. The minimum Gasteiger partial charge on any atom is -0.347 e. The molecule has 0 spiro atoms. The molecule has 7 nitrogen and oxygen atoms in total. The summed E-state index contributed by atoms with van der Waals surface area (Å²) in [5, 5.41) is 0. The van der Waals surface area contributed by atoms with Gasteiger partial charge < -0.3 is 9.88 Å². The molecule has 2 aliphatic heterocycles. The highest BCUT2D eigenvalue weighted by Crippen LogP contribution is 2.31. The number of anilines is 1. The first kappa shape index (κ1) is 14.4. The second kappa shape index (κ2) is 4.90. The third-order valence-electron chi connectivity index (χ3n) is 4.51. The number of benzene rings is 1. The number of hydrogen-bond acceptors (Lipinski definition) is 4. The third-order valence-corrected chi connectivity index (χ3v) is 6.35. The molecule has 0 radical (unpaired) electrons. The van der Waals surface area contributed by atoms with Crippen LogP contribution in [0.3, 0.4) is 0 Å². The maximum absolute atomic E-state index is 12.9. The van der Waals surface area contributed by atoms with E-state index in [2.05, 4.69) is 9.97 Å². The maximum atomic E-state index is 12.9. The average Bonchev–Trinajstić information content (AvgIpc) is 3.11. The molecule has 0 bridgehead atoms. The van der Waals surface area contributed by atoms with Gasteiger partial charge in [0.2, 0.25) is 15.9 Å². The van der Waals surface area contributed by atoms with Crippen molar-refractivity contribution in [2.45, 2.75) is 24.3 Å². The van der Waals surface area contributed by atoms with Crippen LogP contribution in [0, 0.1) is 0 Å². The number of aromatic amines is 1. The van der Waals surface area contributed by atoms with Crippen molar-refractivity contribution in [3.8, 4) is 0 Å². The van der Waals surface area contributed by atoms with E-state index in [0.717, 1.165) is 22.6 Å². The average molecular weight is 332 g/mol. The first-order valence-electron chi connectivity index (χ1n) is 7.37. The molecule has 0 atom stereocenters. The molecule has 23 heavy (non-hydrogen) atoms. The summed E-state index contributed by atoms with van der Waals surface area (Å²) in [5.41, 5.74) is 3.31. The SMILES string of the molecule is CN1C(=O)Cc2cc(S(=O)(=O)N3CCc4nc[nH]c4C3)ccc21. The first-order valence-corrected chi connectivity index (χ1v) is 8.81. The van der Waals surface area contributed by atoms with Crippen molar-refractivity contribution in [1.29, 1.82) is 0 Å². The normalized spacial score (nSPS) is 18.1. The van der Waals surface area contributed by atoms with E-state index >= 15 is 0 Å². The molecule has 0 saturated heterocycles. The molecule has 2 aromatic rings. The molecule has 0 aliphatic carbocycles. The van der Waals surface area contributed by atoms with Gasteiger partial charge in [0, 0.05) is 25.7 Å². The fourth-order valence-electron chi connectivity index (χ4n) is 3.15. The Bertz CT molecular complexity index is 903. The van der Waals surface area contributed by atoms with Crippen LogP contribution in [0.15, 0.2) is 29.4 Å². The largest absolute Gasteiger partial charge is 0.347 e. The standard InChI is InChI=1S/C15H16N4O3S/c1-18-14-3-2-11(6-10(14)7-15(18)20)23(21,22)19-5-4-12-13(8-19)17-9-16-12/h2-3,6,9H,4-5,7-8H2,1H3,(H,16,17).